The Balaban J connectivity index is 4.34. The van der Waals surface area contributed by atoms with Crippen LogP contribution in [0.15, 0.2) is 0 Å². The molecule has 0 unspecified atom stereocenters. The second-order valence-electron chi connectivity index (χ2n) is 4.20. The highest BCUT2D eigenvalue weighted by Gasteiger charge is 2.25. The Hall–Kier alpha value is -1.83. The quantitative estimate of drug-likeness (QED) is 0.383. The molecule has 8 heteroatoms. The molecule has 0 saturated heterocycles. The minimum absolute atomic E-state index is 0.0860. The van der Waals surface area contributed by atoms with Crippen LogP contribution in [0.5, 0.6) is 0 Å². The molecule has 17 heavy (non-hydrogen) atoms. The first-order valence-corrected chi connectivity index (χ1v) is 4.88. The van der Waals surface area contributed by atoms with E-state index in [9.17, 15) is 14.4 Å². The number of urea groups is 1. The predicted molar refractivity (Wildman–Crippen MR) is 58.1 cm³/mol. The van der Waals surface area contributed by atoms with Crippen molar-refractivity contribution < 1.29 is 24.6 Å². The molecule has 1 atom stereocenters. The number of aliphatic carboxylic acids is 1. The molecule has 0 fully saturated rings. The van der Waals surface area contributed by atoms with Gasteiger partial charge in [0, 0.05) is 12.0 Å². The van der Waals surface area contributed by atoms with Gasteiger partial charge in [-0.3, -0.25) is 4.79 Å². The van der Waals surface area contributed by atoms with E-state index in [-0.39, 0.29) is 6.42 Å². The molecule has 98 valence electrons. The van der Waals surface area contributed by atoms with Crippen molar-refractivity contribution >= 4 is 17.9 Å². The third kappa shape index (κ3) is 6.36. The van der Waals surface area contributed by atoms with Crippen LogP contribution in [-0.2, 0) is 9.59 Å². The van der Waals surface area contributed by atoms with E-state index < -0.39 is 36.1 Å². The molecule has 0 spiro atoms. The van der Waals surface area contributed by atoms with Crippen molar-refractivity contribution in [2.75, 3.05) is 6.61 Å². The zero-order valence-corrected chi connectivity index (χ0v) is 9.69. The zero-order chi connectivity index (χ0) is 13.6. The highest BCUT2D eigenvalue weighted by molar-refractivity contribution is 5.83. The van der Waals surface area contributed by atoms with E-state index in [1.54, 1.807) is 13.8 Å². The molecule has 0 bridgehead atoms. The number of aliphatic hydroxyl groups excluding tert-OH is 1. The molecule has 3 amide bonds. The lowest BCUT2D eigenvalue weighted by molar-refractivity contribution is -0.140. The largest absolute Gasteiger partial charge is 0.480 e. The summed E-state index contributed by atoms with van der Waals surface area (Å²) in [6.45, 7) is 2.40. The van der Waals surface area contributed by atoms with Gasteiger partial charge in [0.05, 0.1) is 6.61 Å². The molecule has 0 aliphatic heterocycles. The number of carbonyl (C=O) groups excluding carboxylic acids is 2. The molecule has 0 aromatic heterocycles. The summed E-state index contributed by atoms with van der Waals surface area (Å²) in [5.41, 5.74) is 4.09. The van der Waals surface area contributed by atoms with Crippen LogP contribution in [0.2, 0.25) is 0 Å². The van der Waals surface area contributed by atoms with Gasteiger partial charge in [-0.2, -0.15) is 0 Å². The van der Waals surface area contributed by atoms with Gasteiger partial charge < -0.3 is 26.6 Å². The van der Waals surface area contributed by atoms with Crippen LogP contribution >= 0.6 is 0 Å². The summed E-state index contributed by atoms with van der Waals surface area (Å²) in [5.74, 6) is -1.94. The summed E-state index contributed by atoms with van der Waals surface area (Å²) in [5, 5.41) is 21.7. The van der Waals surface area contributed by atoms with Gasteiger partial charge in [0.2, 0.25) is 5.91 Å². The van der Waals surface area contributed by atoms with Crippen LogP contribution < -0.4 is 16.4 Å². The lowest BCUT2D eigenvalue weighted by Gasteiger charge is -2.25. The standard InChI is InChI=1S/C9H17N3O5/c1-9(2,3-6(10)14)12-8(17)11-5(4-13)7(15)16/h5,13H,3-4H2,1-2H3,(H2,10,14)(H,15,16)(H2,11,12,17)/t5-/m1/s1. The maximum Gasteiger partial charge on any atom is 0.328 e. The van der Waals surface area contributed by atoms with Crippen molar-refractivity contribution in [3.63, 3.8) is 0 Å². The second-order valence-corrected chi connectivity index (χ2v) is 4.20. The zero-order valence-electron chi connectivity index (χ0n) is 9.69. The number of carboxylic acids is 1. The third-order valence-corrected chi connectivity index (χ3v) is 1.85. The van der Waals surface area contributed by atoms with E-state index in [4.69, 9.17) is 15.9 Å². The van der Waals surface area contributed by atoms with Crippen molar-refractivity contribution in [3.05, 3.63) is 0 Å². The van der Waals surface area contributed by atoms with Gasteiger partial charge in [0.15, 0.2) is 6.04 Å². The van der Waals surface area contributed by atoms with E-state index >= 15 is 0 Å². The van der Waals surface area contributed by atoms with Crippen molar-refractivity contribution in [3.8, 4) is 0 Å². The molecule has 0 saturated carbocycles. The van der Waals surface area contributed by atoms with Gasteiger partial charge in [0.25, 0.3) is 0 Å². The first-order chi connectivity index (χ1) is 7.68. The first-order valence-electron chi connectivity index (χ1n) is 4.88. The summed E-state index contributed by atoms with van der Waals surface area (Å²) in [6, 6.07) is -2.18. The SMILES string of the molecule is CC(C)(CC(N)=O)NC(=O)N[C@H](CO)C(=O)O. The Bertz CT molecular complexity index is 316. The summed E-state index contributed by atoms with van der Waals surface area (Å²) < 4.78 is 0. The molecular weight excluding hydrogens is 230 g/mol. The van der Waals surface area contributed by atoms with E-state index in [1.807, 2.05) is 5.32 Å². The van der Waals surface area contributed by atoms with Gasteiger partial charge in [0.1, 0.15) is 0 Å². The van der Waals surface area contributed by atoms with Gasteiger partial charge in [-0.15, -0.1) is 0 Å². The molecule has 0 aliphatic rings. The Morgan fingerprint density at radius 1 is 1.35 bits per heavy atom. The highest BCUT2D eigenvalue weighted by Crippen LogP contribution is 2.06. The number of hydrogen-bond acceptors (Lipinski definition) is 4. The highest BCUT2D eigenvalue weighted by atomic mass is 16.4. The summed E-state index contributed by atoms with van der Waals surface area (Å²) in [7, 11) is 0. The van der Waals surface area contributed by atoms with E-state index in [0.29, 0.717) is 0 Å². The molecular formula is C9H17N3O5. The fraction of sp³-hybridized carbons (Fsp3) is 0.667. The first kappa shape index (κ1) is 15.2. The normalized spacial score (nSPS) is 12.6. The van der Waals surface area contributed by atoms with Crippen LogP contribution in [-0.4, -0.2) is 46.3 Å². The van der Waals surface area contributed by atoms with Crippen molar-refractivity contribution in [2.24, 2.45) is 5.73 Å². The maximum absolute atomic E-state index is 11.4. The van der Waals surface area contributed by atoms with Crippen molar-refractivity contribution in [1.82, 2.24) is 10.6 Å². The topological polar surface area (TPSA) is 142 Å². The molecule has 0 radical (unpaired) electrons. The average Bonchev–Trinajstić information content (AvgIpc) is 2.10. The number of amides is 3. The van der Waals surface area contributed by atoms with Gasteiger partial charge in [-0.25, -0.2) is 9.59 Å². The van der Waals surface area contributed by atoms with E-state index in [2.05, 4.69) is 5.32 Å². The molecule has 0 aliphatic carbocycles. The summed E-state index contributed by atoms with van der Waals surface area (Å²) in [4.78, 5) is 32.6. The smallest absolute Gasteiger partial charge is 0.328 e. The Morgan fingerprint density at radius 2 is 1.88 bits per heavy atom. The fourth-order valence-electron chi connectivity index (χ4n) is 1.17. The molecule has 0 heterocycles. The van der Waals surface area contributed by atoms with Gasteiger partial charge in [-0.05, 0) is 13.8 Å². The number of hydrogen-bond donors (Lipinski definition) is 5. The van der Waals surface area contributed by atoms with Crippen LogP contribution in [0.4, 0.5) is 4.79 Å². The van der Waals surface area contributed by atoms with Crippen LogP contribution in [0, 0.1) is 0 Å². The number of carboxylic acid groups (broad SMARTS) is 1. The van der Waals surface area contributed by atoms with E-state index in [0.717, 1.165) is 0 Å². The summed E-state index contributed by atoms with van der Waals surface area (Å²) >= 11 is 0. The molecule has 6 N–H and O–H groups in total. The number of primary amides is 1. The van der Waals surface area contributed by atoms with Crippen LogP contribution in [0.25, 0.3) is 0 Å². The van der Waals surface area contributed by atoms with Crippen molar-refractivity contribution in [1.29, 1.82) is 0 Å². The monoisotopic (exact) mass is 247 g/mol. The molecule has 0 rings (SSSR count). The number of nitrogens with two attached hydrogens (primary N) is 1. The lowest BCUT2D eigenvalue weighted by Crippen LogP contribution is -2.54. The molecule has 0 aromatic rings. The third-order valence-electron chi connectivity index (χ3n) is 1.85. The Morgan fingerprint density at radius 3 is 2.24 bits per heavy atom. The van der Waals surface area contributed by atoms with Gasteiger partial charge in [-0.1, -0.05) is 0 Å². The van der Waals surface area contributed by atoms with E-state index in [1.165, 1.54) is 0 Å². The summed E-state index contributed by atoms with van der Waals surface area (Å²) in [6.07, 6.45) is -0.0860. The molecule has 0 aromatic carbocycles. The minimum atomic E-state index is -1.39. The fourth-order valence-corrected chi connectivity index (χ4v) is 1.17. The van der Waals surface area contributed by atoms with Gasteiger partial charge >= 0.3 is 12.0 Å². The minimum Gasteiger partial charge on any atom is -0.480 e. The van der Waals surface area contributed by atoms with Crippen LogP contribution in [0.1, 0.15) is 20.3 Å². The second kappa shape index (κ2) is 6.04. The average molecular weight is 247 g/mol. The number of rotatable bonds is 6. The number of carbonyl (C=O) groups is 3. The number of nitrogens with one attached hydrogen (secondary N) is 2. The number of aliphatic hydroxyl groups is 1. The molecule has 8 nitrogen and oxygen atoms in total. The Labute approximate surface area is 98.2 Å². The van der Waals surface area contributed by atoms with Crippen LogP contribution in [0.3, 0.4) is 0 Å². The van der Waals surface area contributed by atoms with Crippen molar-refractivity contribution in [2.45, 2.75) is 31.8 Å². The lowest BCUT2D eigenvalue weighted by atomic mass is 10.0. The maximum atomic E-state index is 11.4. The predicted octanol–water partition coefficient (Wildman–Crippen LogP) is -1.61. The Kier molecular flexibility index (Phi) is 5.39.